The second-order valence-corrected chi connectivity index (χ2v) is 8.99. The maximum atomic E-state index is 12.8. The highest BCUT2D eigenvalue weighted by Gasteiger charge is 2.38. The van der Waals surface area contributed by atoms with Gasteiger partial charge in [-0.15, -0.1) is 0 Å². The Morgan fingerprint density at radius 1 is 1.19 bits per heavy atom. The Morgan fingerprint density at radius 3 is 2.50 bits per heavy atom. The predicted molar refractivity (Wildman–Crippen MR) is 96.8 cm³/mol. The van der Waals surface area contributed by atoms with Crippen LogP contribution in [0.25, 0.3) is 10.9 Å². The molecule has 2 aromatic rings. The lowest BCUT2D eigenvalue weighted by Gasteiger charge is -2.46. The fourth-order valence-electron chi connectivity index (χ4n) is 3.94. The monoisotopic (exact) mass is 378 g/mol. The van der Waals surface area contributed by atoms with Crippen molar-refractivity contribution < 1.29 is 22.7 Å². The molecule has 3 atom stereocenters. The van der Waals surface area contributed by atoms with Crippen molar-refractivity contribution in [2.45, 2.75) is 31.0 Å². The summed E-state index contributed by atoms with van der Waals surface area (Å²) < 4.78 is 36.6. The van der Waals surface area contributed by atoms with Crippen LogP contribution in [0.3, 0.4) is 0 Å². The first-order chi connectivity index (χ1) is 12.3. The number of rotatable bonds is 3. The molecule has 2 bridgehead atoms. The van der Waals surface area contributed by atoms with Crippen molar-refractivity contribution in [1.29, 1.82) is 0 Å². The first-order valence-electron chi connectivity index (χ1n) is 8.66. The van der Waals surface area contributed by atoms with Gasteiger partial charge >= 0.3 is 5.97 Å². The van der Waals surface area contributed by atoms with Gasteiger partial charge in [-0.3, -0.25) is 4.90 Å². The minimum Gasteiger partial charge on any atom is -0.459 e. The largest absolute Gasteiger partial charge is 0.459 e. The summed E-state index contributed by atoms with van der Waals surface area (Å²) >= 11 is 0. The third-order valence-corrected chi connectivity index (χ3v) is 6.39. The van der Waals surface area contributed by atoms with Gasteiger partial charge in [-0.1, -0.05) is 18.2 Å². The van der Waals surface area contributed by atoms with E-state index >= 15 is 0 Å². The lowest BCUT2D eigenvalue weighted by molar-refractivity contribution is -0.0970. The quantitative estimate of drug-likeness (QED) is 0.753. The van der Waals surface area contributed by atoms with Crippen molar-refractivity contribution >= 4 is 26.9 Å². The van der Waals surface area contributed by atoms with Gasteiger partial charge in [-0.25, -0.2) is 17.2 Å². The van der Waals surface area contributed by atoms with Crippen LogP contribution < -0.4 is 0 Å². The summed E-state index contributed by atoms with van der Waals surface area (Å²) in [6.07, 6.45) is 3.75. The Labute approximate surface area is 152 Å². The number of fused-ring (bicyclic) bond motifs is 3. The smallest absolute Gasteiger partial charge is 0.340 e. The maximum Gasteiger partial charge on any atom is 0.340 e. The lowest BCUT2D eigenvalue weighted by Crippen LogP contribution is -2.56. The molecule has 26 heavy (non-hydrogen) atoms. The molecule has 0 aliphatic carbocycles. The molecule has 7 nitrogen and oxygen atoms in total. The van der Waals surface area contributed by atoms with Gasteiger partial charge in [0.1, 0.15) is 6.10 Å². The van der Waals surface area contributed by atoms with Gasteiger partial charge in [0.15, 0.2) is 0 Å². The molecule has 2 saturated heterocycles. The van der Waals surface area contributed by atoms with E-state index in [0.29, 0.717) is 24.1 Å². The average molecular weight is 378 g/mol. The van der Waals surface area contributed by atoms with Crippen molar-refractivity contribution in [3.63, 3.8) is 0 Å². The number of hydrogen-bond acceptors (Lipinski definition) is 6. The first-order valence-corrected chi connectivity index (χ1v) is 10.5. The predicted octanol–water partition coefficient (Wildman–Crippen LogP) is 1.47. The molecule has 140 valence electrons. The number of morpholine rings is 1. The summed E-state index contributed by atoms with van der Waals surface area (Å²) in [5, 5.41) is 0.583. The third-order valence-electron chi connectivity index (χ3n) is 5.37. The van der Waals surface area contributed by atoms with E-state index in [-0.39, 0.29) is 23.8 Å². The Morgan fingerprint density at radius 2 is 1.85 bits per heavy atom. The van der Waals surface area contributed by atoms with Crippen LogP contribution in [-0.2, 0) is 19.5 Å². The van der Waals surface area contributed by atoms with Crippen molar-refractivity contribution in [2.24, 2.45) is 0 Å². The molecule has 0 N–H and O–H groups in total. The van der Waals surface area contributed by atoms with E-state index in [1.165, 1.54) is 6.20 Å². The number of aromatic nitrogens is 1. The number of para-hydroxylation sites is 1. The fourth-order valence-corrected chi connectivity index (χ4v) is 4.76. The molecule has 1 aromatic heterocycles. The lowest BCUT2D eigenvalue weighted by atomic mass is 9.92. The van der Waals surface area contributed by atoms with Crippen LogP contribution in [0, 0.1) is 0 Å². The third kappa shape index (κ3) is 3.02. The van der Waals surface area contributed by atoms with Gasteiger partial charge < -0.3 is 9.47 Å². The molecule has 0 radical (unpaired) electrons. The Bertz CT molecular complexity index is 938. The van der Waals surface area contributed by atoms with Gasteiger partial charge in [0.05, 0.1) is 30.5 Å². The zero-order valence-corrected chi connectivity index (χ0v) is 15.6. The Balaban J connectivity index is 1.61. The van der Waals surface area contributed by atoms with E-state index in [1.54, 1.807) is 24.3 Å². The van der Waals surface area contributed by atoms with Crippen LogP contribution in [-0.4, -0.2) is 68.0 Å². The van der Waals surface area contributed by atoms with Gasteiger partial charge in [-0.05, 0) is 13.1 Å². The topological polar surface area (TPSA) is 77.8 Å². The molecule has 1 aromatic carbocycles. The maximum absolute atomic E-state index is 12.8. The number of nitrogens with zero attached hydrogens (tertiary/aromatic N) is 2. The van der Waals surface area contributed by atoms with Crippen molar-refractivity contribution in [1.82, 2.24) is 8.87 Å². The van der Waals surface area contributed by atoms with Gasteiger partial charge in [0.25, 0.3) is 0 Å². The van der Waals surface area contributed by atoms with Crippen molar-refractivity contribution in [3.05, 3.63) is 36.0 Å². The summed E-state index contributed by atoms with van der Waals surface area (Å²) in [5.41, 5.74) is 0.766. The van der Waals surface area contributed by atoms with Crippen LogP contribution >= 0.6 is 0 Å². The van der Waals surface area contributed by atoms with Crippen LogP contribution in [0.1, 0.15) is 23.2 Å². The highest BCUT2D eigenvalue weighted by atomic mass is 32.2. The molecule has 0 spiro atoms. The number of piperidine rings is 1. The minimum absolute atomic E-state index is 0.182. The molecule has 2 fully saturated rings. The van der Waals surface area contributed by atoms with E-state index in [1.807, 2.05) is 0 Å². The molecule has 8 heteroatoms. The van der Waals surface area contributed by atoms with Gasteiger partial charge in [0.2, 0.25) is 10.0 Å². The molecular formula is C18H22N2O5S. The van der Waals surface area contributed by atoms with Crippen LogP contribution in [0.2, 0.25) is 0 Å². The molecule has 4 rings (SSSR count). The van der Waals surface area contributed by atoms with Gasteiger partial charge in [-0.2, -0.15) is 0 Å². The van der Waals surface area contributed by atoms with Crippen molar-refractivity contribution in [2.75, 3.05) is 26.5 Å². The highest BCUT2D eigenvalue weighted by Crippen LogP contribution is 2.30. The second kappa shape index (κ2) is 6.37. The zero-order valence-electron chi connectivity index (χ0n) is 14.8. The zero-order chi connectivity index (χ0) is 18.5. The minimum atomic E-state index is -3.51. The number of likely N-dealkylation sites (N-methyl/N-ethyl adjacent to an activating group) is 1. The van der Waals surface area contributed by atoms with E-state index < -0.39 is 16.0 Å². The molecule has 2 aliphatic heterocycles. The van der Waals surface area contributed by atoms with Crippen molar-refractivity contribution in [3.8, 4) is 0 Å². The van der Waals surface area contributed by atoms with Gasteiger partial charge in [0, 0.05) is 36.5 Å². The van der Waals surface area contributed by atoms with E-state index in [9.17, 15) is 13.2 Å². The number of carbonyl (C=O) groups excluding carboxylic acids is 1. The molecule has 0 amide bonds. The summed E-state index contributed by atoms with van der Waals surface area (Å²) in [5.74, 6) is -0.475. The molecule has 3 heterocycles. The first kappa shape index (κ1) is 17.5. The summed E-state index contributed by atoms with van der Waals surface area (Å²) in [4.78, 5) is 15.1. The number of esters is 1. The van der Waals surface area contributed by atoms with Crippen LogP contribution in [0.15, 0.2) is 30.5 Å². The summed E-state index contributed by atoms with van der Waals surface area (Å²) in [6.45, 7) is 1.29. The molecular weight excluding hydrogens is 356 g/mol. The average Bonchev–Trinajstić information content (AvgIpc) is 2.96. The number of carbonyl (C=O) groups is 1. The van der Waals surface area contributed by atoms with E-state index in [4.69, 9.17) is 9.47 Å². The van der Waals surface area contributed by atoms with Crippen LogP contribution in [0.5, 0.6) is 0 Å². The second-order valence-electron chi connectivity index (χ2n) is 7.13. The van der Waals surface area contributed by atoms with E-state index in [0.717, 1.165) is 23.1 Å². The summed E-state index contributed by atoms with van der Waals surface area (Å²) in [6, 6.07) is 7.45. The van der Waals surface area contributed by atoms with Crippen LogP contribution in [0.4, 0.5) is 0 Å². The number of ether oxygens (including phenoxy) is 2. The molecule has 0 unspecified atom stereocenters. The summed E-state index contributed by atoms with van der Waals surface area (Å²) in [7, 11) is -1.43. The Kier molecular flexibility index (Phi) is 4.29. The normalized spacial score (nSPS) is 26.8. The number of hydrogen-bond donors (Lipinski definition) is 0. The standard InChI is InChI=1S/C18H22N2O5S/c1-19-12-7-14(8-13(19)11-24-10-12)25-18(21)16-9-20(26(2,22)23)17-6-4-3-5-15(16)17/h3-6,9,12-14H,7-8,10-11H2,1-2H3/t12-,13+,14-. The molecule has 2 aliphatic rings. The fraction of sp³-hybridized carbons (Fsp3) is 0.500. The van der Waals surface area contributed by atoms with E-state index in [2.05, 4.69) is 11.9 Å². The highest BCUT2D eigenvalue weighted by molar-refractivity contribution is 7.89. The SMILES string of the molecule is CN1[C@@H]2COC[C@H]1C[C@@H](OC(=O)c1cn(S(C)(=O)=O)c3ccccc13)C2. The Hall–Kier alpha value is -1.90. The number of benzene rings is 1. The molecule has 0 saturated carbocycles.